The summed E-state index contributed by atoms with van der Waals surface area (Å²) in [5.41, 5.74) is 2.35. The molecule has 1 saturated carbocycles. The van der Waals surface area contributed by atoms with Gasteiger partial charge in [-0.15, -0.1) is 0 Å². The maximum absolute atomic E-state index is 14.5. The van der Waals surface area contributed by atoms with Crippen LogP contribution in [0.4, 0.5) is 4.48 Å². The highest BCUT2D eigenvalue weighted by molar-refractivity contribution is 5.99. The van der Waals surface area contributed by atoms with Crippen LogP contribution in [-0.2, 0) is 0 Å². The standard InChI is InChI=1S/C24H32FN3/c1-2-3-4-5-19-6-8-20(9-7-19)10-11-22-17-27-24(28(25)18-22)23-14-12-21(16-26)13-15-23/h12-15,17,19-20H,2-11,18H2,1H3. The van der Waals surface area contributed by atoms with E-state index in [2.05, 4.69) is 18.0 Å². The van der Waals surface area contributed by atoms with Crippen LogP contribution in [0.25, 0.3) is 0 Å². The zero-order valence-electron chi connectivity index (χ0n) is 17.0. The van der Waals surface area contributed by atoms with Crippen molar-refractivity contribution >= 4 is 5.84 Å². The molecule has 1 aliphatic heterocycles. The lowest BCUT2D eigenvalue weighted by Gasteiger charge is -2.29. The number of hydrogen-bond acceptors (Lipinski definition) is 3. The van der Waals surface area contributed by atoms with Crippen molar-refractivity contribution in [2.24, 2.45) is 16.8 Å². The van der Waals surface area contributed by atoms with Crippen molar-refractivity contribution in [2.45, 2.75) is 71.1 Å². The molecule has 3 nitrogen and oxygen atoms in total. The Morgan fingerprint density at radius 2 is 1.75 bits per heavy atom. The summed E-state index contributed by atoms with van der Waals surface area (Å²) in [7, 11) is 0. The molecular formula is C24H32FN3. The molecule has 1 aromatic carbocycles. The molecule has 0 radical (unpaired) electrons. The second-order valence-corrected chi connectivity index (χ2v) is 8.37. The van der Waals surface area contributed by atoms with E-state index in [1.165, 1.54) is 51.4 Å². The minimum atomic E-state index is 0.297. The van der Waals surface area contributed by atoms with Crippen molar-refractivity contribution in [3.05, 3.63) is 47.2 Å². The predicted molar refractivity (Wildman–Crippen MR) is 112 cm³/mol. The first-order valence-corrected chi connectivity index (χ1v) is 10.9. The molecule has 0 saturated heterocycles. The van der Waals surface area contributed by atoms with Gasteiger partial charge in [0.25, 0.3) is 0 Å². The normalized spacial score (nSPS) is 22.4. The third-order valence-electron chi connectivity index (χ3n) is 6.27. The molecule has 1 fully saturated rings. The van der Waals surface area contributed by atoms with Crippen LogP contribution in [0.2, 0.25) is 0 Å². The van der Waals surface area contributed by atoms with E-state index in [-0.39, 0.29) is 0 Å². The molecule has 0 spiro atoms. The summed E-state index contributed by atoms with van der Waals surface area (Å²) in [4.78, 5) is 4.36. The van der Waals surface area contributed by atoms with Crippen molar-refractivity contribution in [1.82, 2.24) is 5.12 Å². The van der Waals surface area contributed by atoms with Gasteiger partial charge in [-0.05, 0) is 54.5 Å². The minimum absolute atomic E-state index is 0.297. The van der Waals surface area contributed by atoms with Crippen LogP contribution in [0.3, 0.4) is 0 Å². The molecule has 4 heteroatoms. The molecular weight excluding hydrogens is 349 g/mol. The van der Waals surface area contributed by atoms with E-state index >= 15 is 0 Å². The molecule has 1 heterocycles. The van der Waals surface area contributed by atoms with Crippen LogP contribution in [0.15, 0.2) is 41.0 Å². The molecule has 28 heavy (non-hydrogen) atoms. The van der Waals surface area contributed by atoms with Crippen LogP contribution in [0, 0.1) is 23.2 Å². The second kappa shape index (κ2) is 10.4. The Kier molecular flexibility index (Phi) is 7.65. The summed E-state index contributed by atoms with van der Waals surface area (Å²) in [6, 6.07) is 8.98. The van der Waals surface area contributed by atoms with Gasteiger partial charge in [0, 0.05) is 11.8 Å². The number of aliphatic imine (C=N–C) groups is 1. The summed E-state index contributed by atoms with van der Waals surface area (Å²) in [5, 5.41) is 9.62. The Balaban J connectivity index is 1.46. The number of hydrogen-bond donors (Lipinski definition) is 0. The molecule has 0 bridgehead atoms. The van der Waals surface area contributed by atoms with Gasteiger partial charge >= 0.3 is 0 Å². The Bertz CT molecular complexity index is 721. The van der Waals surface area contributed by atoms with Gasteiger partial charge < -0.3 is 0 Å². The van der Waals surface area contributed by atoms with Crippen LogP contribution < -0.4 is 0 Å². The van der Waals surface area contributed by atoms with Crippen LogP contribution >= 0.6 is 0 Å². The Hall–Kier alpha value is -2.15. The van der Waals surface area contributed by atoms with Gasteiger partial charge in [0.2, 0.25) is 0 Å². The molecule has 1 aromatic rings. The molecule has 0 atom stereocenters. The quantitative estimate of drug-likeness (QED) is 0.378. The molecule has 150 valence electrons. The molecule has 0 unspecified atom stereocenters. The van der Waals surface area contributed by atoms with Crippen LogP contribution in [0.5, 0.6) is 0 Å². The fraction of sp³-hybridized carbons (Fsp3) is 0.583. The van der Waals surface area contributed by atoms with Crippen molar-refractivity contribution < 1.29 is 4.48 Å². The number of halogens is 1. The van der Waals surface area contributed by atoms with Crippen molar-refractivity contribution in [3.8, 4) is 6.07 Å². The summed E-state index contributed by atoms with van der Waals surface area (Å²) in [6.45, 7) is 2.57. The lowest BCUT2D eigenvalue weighted by molar-refractivity contribution is 0.131. The average molecular weight is 382 g/mol. The van der Waals surface area contributed by atoms with Gasteiger partial charge in [-0.25, -0.2) is 4.99 Å². The van der Waals surface area contributed by atoms with Gasteiger partial charge in [0.05, 0.1) is 18.2 Å². The largest absolute Gasteiger partial charge is 0.236 e. The summed E-state index contributed by atoms with van der Waals surface area (Å²) >= 11 is 0. The predicted octanol–water partition coefficient (Wildman–Crippen LogP) is 6.56. The van der Waals surface area contributed by atoms with E-state index in [0.717, 1.165) is 35.4 Å². The highest BCUT2D eigenvalue weighted by Crippen LogP contribution is 2.35. The second-order valence-electron chi connectivity index (χ2n) is 8.37. The van der Waals surface area contributed by atoms with Crippen molar-refractivity contribution in [1.29, 1.82) is 5.26 Å². The van der Waals surface area contributed by atoms with E-state index < -0.39 is 0 Å². The van der Waals surface area contributed by atoms with Gasteiger partial charge in [-0.1, -0.05) is 62.8 Å². The number of nitriles is 1. The van der Waals surface area contributed by atoms with Gasteiger partial charge in [-0.3, -0.25) is 0 Å². The third-order valence-corrected chi connectivity index (χ3v) is 6.27. The smallest absolute Gasteiger partial charge is 0.164 e. The van der Waals surface area contributed by atoms with Crippen LogP contribution in [-0.4, -0.2) is 17.5 Å². The Labute approximate surface area is 168 Å². The summed E-state index contributed by atoms with van der Waals surface area (Å²) < 4.78 is 14.5. The average Bonchev–Trinajstić information content (AvgIpc) is 2.73. The van der Waals surface area contributed by atoms with E-state index in [0.29, 0.717) is 23.5 Å². The zero-order chi connectivity index (χ0) is 19.8. The minimum Gasteiger partial charge on any atom is -0.236 e. The molecule has 2 aliphatic rings. The number of amidine groups is 1. The highest BCUT2D eigenvalue weighted by Gasteiger charge is 2.23. The third kappa shape index (κ3) is 5.67. The SMILES string of the molecule is CCCCCC1CCC(CCC2=CN=C(c3ccc(C#N)cc3)N(F)C2)CC1. The maximum Gasteiger partial charge on any atom is 0.164 e. The number of benzene rings is 1. The zero-order valence-corrected chi connectivity index (χ0v) is 17.0. The fourth-order valence-corrected chi connectivity index (χ4v) is 4.44. The lowest BCUT2D eigenvalue weighted by atomic mass is 9.77. The lowest BCUT2D eigenvalue weighted by Crippen LogP contribution is -2.28. The molecule has 0 amide bonds. The van der Waals surface area contributed by atoms with E-state index in [1.807, 2.05) is 6.20 Å². The number of unbranched alkanes of at least 4 members (excludes halogenated alkanes) is 2. The topological polar surface area (TPSA) is 39.4 Å². The van der Waals surface area contributed by atoms with Crippen molar-refractivity contribution in [3.63, 3.8) is 0 Å². The first-order chi connectivity index (χ1) is 13.7. The first kappa shape index (κ1) is 20.6. The van der Waals surface area contributed by atoms with E-state index in [9.17, 15) is 4.48 Å². The summed E-state index contributed by atoms with van der Waals surface area (Å²) in [5.74, 6) is 2.07. The van der Waals surface area contributed by atoms with E-state index in [1.54, 1.807) is 24.3 Å². The molecule has 0 aromatic heterocycles. The van der Waals surface area contributed by atoms with Gasteiger partial charge in [0.15, 0.2) is 5.84 Å². The summed E-state index contributed by atoms with van der Waals surface area (Å²) in [6.07, 6.45) is 14.9. The van der Waals surface area contributed by atoms with Gasteiger partial charge in [0.1, 0.15) is 0 Å². The Morgan fingerprint density at radius 3 is 2.36 bits per heavy atom. The fourth-order valence-electron chi connectivity index (χ4n) is 4.44. The van der Waals surface area contributed by atoms with Crippen molar-refractivity contribution in [2.75, 3.05) is 6.54 Å². The van der Waals surface area contributed by atoms with E-state index in [4.69, 9.17) is 5.26 Å². The number of rotatable bonds is 8. The molecule has 3 rings (SSSR count). The number of nitrogens with zero attached hydrogens (tertiary/aromatic N) is 3. The molecule has 1 aliphatic carbocycles. The monoisotopic (exact) mass is 381 g/mol. The Morgan fingerprint density at radius 1 is 1.07 bits per heavy atom. The maximum atomic E-state index is 14.5. The van der Waals surface area contributed by atoms with Gasteiger partial charge in [-0.2, -0.15) is 10.4 Å². The van der Waals surface area contributed by atoms with Crippen LogP contribution in [0.1, 0.15) is 82.3 Å². The highest BCUT2D eigenvalue weighted by atomic mass is 19.2. The molecule has 0 N–H and O–H groups in total. The first-order valence-electron chi connectivity index (χ1n) is 10.9.